The van der Waals surface area contributed by atoms with Crippen LogP contribution in [0.2, 0.25) is 0 Å². The summed E-state index contributed by atoms with van der Waals surface area (Å²) in [6.07, 6.45) is -0.498. The van der Waals surface area contributed by atoms with E-state index < -0.39 is 6.10 Å². The first-order chi connectivity index (χ1) is 8.61. The lowest BCUT2D eigenvalue weighted by molar-refractivity contribution is 0.0957. The fourth-order valence-electron chi connectivity index (χ4n) is 1.92. The Bertz CT molecular complexity index is 526. The smallest absolute Gasteiger partial charge is 0.0812 e. The number of aliphatic hydroxyl groups is 2. The van der Waals surface area contributed by atoms with Crippen LogP contribution in [-0.2, 0) is 6.42 Å². The van der Waals surface area contributed by atoms with E-state index in [9.17, 15) is 5.11 Å². The summed E-state index contributed by atoms with van der Waals surface area (Å²) in [5.41, 5.74) is 15.7. The van der Waals surface area contributed by atoms with Crippen molar-refractivity contribution in [3.63, 3.8) is 0 Å². The number of thiophene rings is 1. The van der Waals surface area contributed by atoms with Gasteiger partial charge in [-0.05, 0) is 45.6 Å². The predicted molar refractivity (Wildman–Crippen MR) is 75.4 cm³/mol. The second-order valence-corrected chi connectivity index (χ2v) is 4.97. The Balaban J connectivity index is 2.49. The molecular formula is C13H16N2O2S. The maximum absolute atomic E-state index is 9.59. The Labute approximate surface area is 109 Å². The molecule has 0 saturated carbocycles. The van der Waals surface area contributed by atoms with E-state index in [-0.39, 0.29) is 6.61 Å². The van der Waals surface area contributed by atoms with Crippen molar-refractivity contribution in [1.82, 2.24) is 0 Å². The molecule has 0 spiro atoms. The van der Waals surface area contributed by atoms with E-state index in [1.165, 1.54) is 0 Å². The number of hydrogen-bond donors (Lipinski definition) is 4. The van der Waals surface area contributed by atoms with Crippen molar-refractivity contribution < 1.29 is 10.2 Å². The van der Waals surface area contributed by atoms with Crippen molar-refractivity contribution in [2.45, 2.75) is 12.5 Å². The highest BCUT2D eigenvalue weighted by Gasteiger charge is 2.14. The summed E-state index contributed by atoms with van der Waals surface area (Å²) in [7, 11) is 0. The van der Waals surface area contributed by atoms with Crippen LogP contribution in [0.1, 0.15) is 5.56 Å². The van der Waals surface area contributed by atoms with Crippen LogP contribution in [0.4, 0.5) is 11.4 Å². The van der Waals surface area contributed by atoms with Crippen LogP contribution in [0.5, 0.6) is 0 Å². The van der Waals surface area contributed by atoms with Gasteiger partial charge in [-0.1, -0.05) is 0 Å². The van der Waals surface area contributed by atoms with E-state index in [2.05, 4.69) is 0 Å². The number of aliphatic hydroxyl groups excluding tert-OH is 2. The molecule has 1 aromatic carbocycles. The number of rotatable bonds is 4. The maximum atomic E-state index is 9.59. The highest BCUT2D eigenvalue weighted by Crippen LogP contribution is 2.32. The van der Waals surface area contributed by atoms with Crippen molar-refractivity contribution in [3.05, 3.63) is 34.5 Å². The molecule has 4 nitrogen and oxygen atoms in total. The van der Waals surface area contributed by atoms with Gasteiger partial charge in [-0.15, -0.1) is 0 Å². The lowest BCUT2D eigenvalue weighted by Crippen LogP contribution is -2.17. The molecule has 2 rings (SSSR count). The fourth-order valence-corrected chi connectivity index (χ4v) is 2.58. The predicted octanol–water partition coefficient (Wildman–Crippen LogP) is 1.48. The Hall–Kier alpha value is -1.56. The molecule has 1 atom stereocenters. The average Bonchev–Trinajstić information content (AvgIpc) is 2.85. The first-order valence-electron chi connectivity index (χ1n) is 5.61. The molecule has 1 heterocycles. The van der Waals surface area contributed by atoms with Crippen LogP contribution in [0, 0.1) is 0 Å². The average molecular weight is 264 g/mol. The van der Waals surface area contributed by atoms with Crippen molar-refractivity contribution in [3.8, 4) is 11.1 Å². The van der Waals surface area contributed by atoms with Gasteiger partial charge < -0.3 is 21.7 Å². The molecule has 6 N–H and O–H groups in total. The van der Waals surface area contributed by atoms with E-state index in [0.29, 0.717) is 17.8 Å². The summed E-state index contributed by atoms with van der Waals surface area (Å²) < 4.78 is 0. The Kier molecular flexibility index (Phi) is 3.86. The quantitative estimate of drug-likeness (QED) is 0.629. The van der Waals surface area contributed by atoms with Crippen molar-refractivity contribution >= 4 is 22.7 Å². The molecule has 0 radical (unpaired) electrons. The van der Waals surface area contributed by atoms with E-state index in [0.717, 1.165) is 16.7 Å². The molecule has 0 bridgehead atoms. The Morgan fingerprint density at radius 1 is 1.28 bits per heavy atom. The van der Waals surface area contributed by atoms with Crippen LogP contribution < -0.4 is 11.5 Å². The first kappa shape index (κ1) is 12.9. The van der Waals surface area contributed by atoms with Gasteiger partial charge in [0.1, 0.15) is 0 Å². The summed E-state index contributed by atoms with van der Waals surface area (Å²) in [6.45, 7) is -0.285. The van der Waals surface area contributed by atoms with Gasteiger partial charge in [-0.3, -0.25) is 0 Å². The Morgan fingerprint density at radius 2 is 2.06 bits per heavy atom. The fraction of sp³-hybridized carbons (Fsp3) is 0.231. The van der Waals surface area contributed by atoms with Crippen LogP contribution >= 0.6 is 11.3 Å². The molecule has 1 unspecified atom stereocenters. The van der Waals surface area contributed by atoms with Crippen molar-refractivity contribution in [2.75, 3.05) is 18.1 Å². The Morgan fingerprint density at radius 3 is 2.67 bits per heavy atom. The lowest BCUT2D eigenvalue weighted by Gasteiger charge is -2.15. The summed E-state index contributed by atoms with van der Waals surface area (Å²) in [4.78, 5) is 0. The largest absolute Gasteiger partial charge is 0.399 e. The molecule has 18 heavy (non-hydrogen) atoms. The third-order valence-electron chi connectivity index (χ3n) is 2.79. The number of hydrogen-bond acceptors (Lipinski definition) is 5. The highest BCUT2D eigenvalue weighted by atomic mass is 32.1. The van der Waals surface area contributed by atoms with Crippen LogP contribution in [0.15, 0.2) is 29.0 Å². The van der Waals surface area contributed by atoms with Gasteiger partial charge in [0.2, 0.25) is 0 Å². The van der Waals surface area contributed by atoms with Crippen LogP contribution in [0.3, 0.4) is 0 Å². The standard InChI is InChI=1S/C13H16N2O2S/c14-9-3-11(8-1-2-18-7-8)12(13(15)4-9)5-10(17)6-16/h1-4,7,10,16-17H,5-6,14-15H2. The van der Waals surface area contributed by atoms with Crippen molar-refractivity contribution in [2.24, 2.45) is 0 Å². The zero-order chi connectivity index (χ0) is 13.1. The van der Waals surface area contributed by atoms with E-state index in [1.807, 2.05) is 22.9 Å². The summed E-state index contributed by atoms with van der Waals surface area (Å²) in [5.74, 6) is 0. The number of nitrogens with two attached hydrogens (primary N) is 2. The molecule has 0 aliphatic carbocycles. The van der Waals surface area contributed by atoms with Gasteiger partial charge in [-0.25, -0.2) is 0 Å². The van der Waals surface area contributed by atoms with E-state index in [1.54, 1.807) is 17.4 Å². The second kappa shape index (κ2) is 5.39. The monoisotopic (exact) mass is 264 g/mol. The van der Waals surface area contributed by atoms with Gasteiger partial charge in [-0.2, -0.15) is 11.3 Å². The minimum absolute atomic E-state index is 0.285. The minimum Gasteiger partial charge on any atom is -0.399 e. The SMILES string of the molecule is Nc1cc(N)c(CC(O)CO)c(-c2ccsc2)c1. The summed E-state index contributed by atoms with van der Waals surface area (Å²) in [5, 5.41) is 22.5. The zero-order valence-corrected chi connectivity index (χ0v) is 10.7. The van der Waals surface area contributed by atoms with Gasteiger partial charge in [0.05, 0.1) is 12.7 Å². The molecule has 0 aliphatic heterocycles. The molecule has 0 saturated heterocycles. The number of benzene rings is 1. The lowest BCUT2D eigenvalue weighted by atomic mass is 9.95. The third-order valence-corrected chi connectivity index (χ3v) is 3.47. The molecule has 0 fully saturated rings. The van der Waals surface area contributed by atoms with Crippen LogP contribution in [0.25, 0.3) is 11.1 Å². The van der Waals surface area contributed by atoms with Gasteiger partial charge in [0.15, 0.2) is 0 Å². The van der Waals surface area contributed by atoms with E-state index >= 15 is 0 Å². The molecule has 0 aliphatic rings. The maximum Gasteiger partial charge on any atom is 0.0812 e. The molecule has 0 amide bonds. The molecule has 2 aromatic rings. The first-order valence-corrected chi connectivity index (χ1v) is 6.55. The van der Waals surface area contributed by atoms with Gasteiger partial charge in [0.25, 0.3) is 0 Å². The molecule has 5 heteroatoms. The molecule has 96 valence electrons. The molecule has 1 aromatic heterocycles. The van der Waals surface area contributed by atoms with Crippen LogP contribution in [-0.4, -0.2) is 22.9 Å². The highest BCUT2D eigenvalue weighted by molar-refractivity contribution is 7.08. The number of anilines is 2. The second-order valence-electron chi connectivity index (χ2n) is 4.19. The number of nitrogen functional groups attached to an aromatic ring is 2. The summed E-state index contributed by atoms with van der Waals surface area (Å²) >= 11 is 1.59. The van der Waals surface area contributed by atoms with Crippen molar-refractivity contribution in [1.29, 1.82) is 0 Å². The normalized spacial score (nSPS) is 12.6. The van der Waals surface area contributed by atoms with Gasteiger partial charge >= 0.3 is 0 Å². The third kappa shape index (κ3) is 2.64. The molecular weight excluding hydrogens is 248 g/mol. The minimum atomic E-state index is -0.812. The zero-order valence-electron chi connectivity index (χ0n) is 9.84. The van der Waals surface area contributed by atoms with Gasteiger partial charge in [0, 0.05) is 17.8 Å². The summed E-state index contributed by atoms with van der Waals surface area (Å²) in [6, 6.07) is 5.50. The van der Waals surface area contributed by atoms with E-state index in [4.69, 9.17) is 16.6 Å². The topological polar surface area (TPSA) is 92.5 Å².